The zero-order valence-electron chi connectivity index (χ0n) is 11.5. The van der Waals surface area contributed by atoms with Crippen molar-refractivity contribution in [2.75, 3.05) is 7.11 Å². The Morgan fingerprint density at radius 3 is 2.47 bits per heavy atom. The molecule has 0 saturated heterocycles. The number of hydrogen-bond donors (Lipinski definition) is 1. The molecule has 0 aliphatic heterocycles. The number of halogens is 1. The molecule has 19 heavy (non-hydrogen) atoms. The summed E-state index contributed by atoms with van der Waals surface area (Å²) in [4.78, 5) is 23.3. The highest BCUT2D eigenvalue weighted by atomic mass is 79.9. The van der Waals surface area contributed by atoms with Gasteiger partial charge >= 0.3 is 5.97 Å². The summed E-state index contributed by atoms with van der Waals surface area (Å²) in [5, 5.41) is 2.84. The van der Waals surface area contributed by atoms with E-state index < -0.39 is 11.4 Å². The lowest BCUT2D eigenvalue weighted by Crippen LogP contribution is -2.34. The molecule has 0 saturated carbocycles. The fourth-order valence-electron chi connectivity index (χ4n) is 1.40. The molecular weight excluding hydrogens is 310 g/mol. The van der Waals surface area contributed by atoms with E-state index >= 15 is 0 Å². The molecule has 1 aromatic carbocycles. The van der Waals surface area contributed by atoms with Crippen LogP contribution in [0.4, 0.5) is 0 Å². The van der Waals surface area contributed by atoms with E-state index in [2.05, 4.69) is 26.0 Å². The molecule has 1 amide bonds. The van der Waals surface area contributed by atoms with Gasteiger partial charge in [-0.1, -0.05) is 36.7 Å². The second-order valence-corrected chi connectivity index (χ2v) is 6.08. The third kappa shape index (κ3) is 4.35. The Labute approximate surface area is 121 Å². The third-order valence-electron chi connectivity index (χ3n) is 2.59. The molecule has 0 atom stereocenters. The maximum Gasteiger partial charge on any atom is 0.337 e. The fraction of sp³-hybridized carbons (Fsp3) is 0.429. The number of ether oxygens (including phenoxy) is 1. The lowest BCUT2D eigenvalue weighted by Gasteiger charge is -2.18. The molecule has 0 spiro atoms. The number of rotatable bonds is 3. The van der Waals surface area contributed by atoms with Gasteiger partial charge in [-0.05, 0) is 23.8 Å². The number of esters is 1. The summed E-state index contributed by atoms with van der Waals surface area (Å²) in [6, 6.07) is 5.15. The van der Waals surface area contributed by atoms with Gasteiger partial charge in [0.2, 0.25) is 5.91 Å². The van der Waals surface area contributed by atoms with Gasteiger partial charge in [0.1, 0.15) is 0 Å². The predicted molar refractivity (Wildman–Crippen MR) is 76.8 cm³/mol. The third-order valence-corrected chi connectivity index (χ3v) is 3.36. The molecule has 0 fully saturated rings. The number of nitrogens with one attached hydrogen (secondary N) is 1. The van der Waals surface area contributed by atoms with E-state index in [-0.39, 0.29) is 5.91 Å². The van der Waals surface area contributed by atoms with E-state index in [0.29, 0.717) is 12.1 Å². The van der Waals surface area contributed by atoms with Crippen LogP contribution in [0, 0.1) is 5.41 Å². The van der Waals surface area contributed by atoms with Gasteiger partial charge in [-0.2, -0.15) is 0 Å². The van der Waals surface area contributed by atoms with Crippen molar-refractivity contribution in [2.24, 2.45) is 5.41 Å². The quantitative estimate of drug-likeness (QED) is 0.868. The van der Waals surface area contributed by atoms with Crippen molar-refractivity contribution in [1.29, 1.82) is 0 Å². The topological polar surface area (TPSA) is 55.4 Å². The molecule has 1 aromatic rings. The van der Waals surface area contributed by atoms with Gasteiger partial charge in [-0.3, -0.25) is 4.79 Å². The Bertz CT molecular complexity index is 492. The van der Waals surface area contributed by atoms with E-state index in [9.17, 15) is 9.59 Å². The molecule has 5 heteroatoms. The van der Waals surface area contributed by atoms with Crippen molar-refractivity contribution in [3.05, 3.63) is 33.8 Å². The molecular formula is C14H18BrNO3. The van der Waals surface area contributed by atoms with Crippen molar-refractivity contribution < 1.29 is 14.3 Å². The number of methoxy groups -OCH3 is 1. The van der Waals surface area contributed by atoms with Gasteiger partial charge in [-0.15, -0.1) is 0 Å². The van der Waals surface area contributed by atoms with Gasteiger partial charge in [0.25, 0.3) is 0 Å². The van der Waals surface area contributed by atoms with Crippen LogP contribution in [0.1, 0.15) is 36.7 Å². The minimum atomic E-state index is -0.438. The molecule has 0 heterocycles. The van der Waals surface area contributed by atoms with Crippen molar-refractivity contribution in [1.82, 2.24) is 5.32 Å². The fourth-order valence-corrected chi connectivity index (χ4v) is 1.78. The summed E-state index contributed by atoms with van der Waals surface area (Å²) in [6.07, 6.45) is 0. The zero-order valence-corrected chi connectivity index (χ0v) is 13.1. The number of amides is 1. The Morgan fingerprint density at radius 2 is 1.95 bits per heavy atom. The number of carbonyl (C=O) groups excluding carboxylic acids is 2. The molecule has 1 N–H and O–H groups in total. The van der Waals surface area contributed by atoms with Crippen LogP contribution in [0.25, 0.3) is 0 Å². The summed E-state index contributed by atoms with van der Waals surface area (Å²) in [7, 11) is 1.34. The van der Waals surface area contributed by atoms with Crippen molar-refractivity contribution in [3.8, 4) is 0 Å². The lowest BCUT2D eigenvalue weighted by atomic mass is 9.95. The zero-order chi connectivity index (χ0) is 14.6. The SMILES string of the molecule is COC(=O)c1ccc(Br)c(CNC(=O)C(C)(C)C)c1. The molecule has 1 rings (SSSR count). The van der Waals surface area contributed by atoms with E-state index in [0.717, 1.165) is 10.0 Å². The van der Waals surface area contributed by atoms with Crippen LogP contribution in [-0.2, 0) is 16.1 Å². The maximum atomic E-state index is 11.8. The molecule has 0 unspecified atom stereocenters. The smallest absolute Gasteiger partial charge is 0.337 e. The first kappa shape index (κ1) is 15.7. The monoisotopic (exact) mass is 327 g/mol. The number of carbonyl (C=O) groups is 2. The number of hydrogen-bond acceptors (Lipinski definition) is 3. The van der Waals surface area contributed by atoms with Crippen LogP contribution in [0.5, 0.6) is 0 Å². The van der Waals surface area contributed by atoms with Gasteiger partial charge in [-0.25, -0.2) is 4.79 Å². The van der Waals surface area contributed by atoms with Crippen LogP contribution < -0.4 is 5.32 Å². The van der Waals surface area contributed by atoms with Crippen molar-refractivity contribution in [3.63, 3.8) is 0 Å². The van der Waals surface area contributed by atoms with Crippen molar-refractivity contribution in [2.45, 2.75) is 27.3 Å². The van der Waals surface area contributed by atoms with Crippen LogP contribution in [-0.4, -0.2) is 19.0 Å². The average molecular weight is 328 g/mol. The van der Waals surface area contributed by atoms with Crippen LogP contribution in [0.2, 0.25) is 0 Å². The van der Waals surface area contributed by atoms with Gasteiger partial charge in [0.15, 0.2) is 0 Å². The van der Waals surface area contributed by atoms with E-state index in [1.54, 1.807) is 18.2 Å². The Morgan fingerprint density at radius 1 is 1.32 bits per heavy atom. The van der Waals surface area contributed by atoms with Gasteiger partial charge < -0.3 is 10.1 Å². The Hall–Kier alpha value is -1.36. The predicted octanol–water partition coefficient (Wildman–Crippen LogP) is 2.90. The van der Waals surface area contributed by atoms with Crippen molar-refractivity contribution >= 4 is 27.8 Å². The molecule has 4 nitrogen and oxygen atoms in total. The standard InChI is InChI=1S/C14H18BrNO3/c1-14(2,3)13(18)16-8-10-7-9(12(17)19-4)5-6-11(10)15/h5-7H,8H2,1-4H3,(H,16,18). The van der Waals surface area contributed by atoms with Gasteiger partial charge in [0.05, 0.1) is 12.7 Å². The summed E-state index contributed by atoms with van der Waals surface area (Å²) in [6.45, 7) is 5.91. The van der Waals surface area contributed by atoms with E-state index in [1.165, 1.54) is 7.11 Å². The number of benzene rings is 1. The van der Waals surface area contributed by atoms with E-state index in [1.807, 2.05) is 20.8 Å². The van der Waals surface area contributed by atoms with Crippen LogP contribution in [0.3, 0.4) is 0 Å². The molecule has 0 aromatic heterocycles. The Kier molecular flexibility index (Phi) is 5.11. The minimum absolute atomic E-state index is 0.0390. The highest BCUT2D eigenvalue weighted by molar-refractivity contribution is 9.10. The van der Waals surface area contributed by atoms with Gasteiger partial charge in [0, 0.05) is 16.4 Å². The van der Waals surface area contributed by atoms with Crippen LogP contribution >= 0.6 is 15.9 Å². The first-order chi connectivity index (χ1) is 8.75. The first-order valence-corrected chi connectivity index (χ1v) is 6.70. The normalized spacial score (nSPS) is 11.0. The van der Waals surface area contributed by atoms with E-state index in [4.69, 9.17) is 0 Å². The molecule has 0 radical (unpaired) electrons. The second-order valence-electron chi connectivity index (χ2n) is 5.23. The summed E-state index contributed by atoms with van der Waals surface area (Å²) in [5.41, 5.74) is 0.859. The Balaban J connectivity index is 2.84. The summed E-state index contributed by atoms with van der Waals surface area (Å²) >= 11 is 3.40. The molecule has 0 aliphatic rings. The average Bonchev–Trinajstić information content (AvgIpc) is 2.35. The lowest BCUT2D eigenvalue weighted by molar-refractivity contribution is -0.128. The molecule has 0 aliphatic carbocycles. The molecule has 104 valence electrons. The maximum absolute atomic E-state index is 11.8. The first-order valence-electron chi connectivity index (χ1n) is 5.90. The summed E-state index contributed by atoms with van der Waals surface area (Å²) in [5.74, 6) is -0.432. The second kappa shape index (κ2) is 6.19. The molecule has 0 bridgehead atoms. The largest absolute Gasteiger partial charge is 0.465 e. The summed E-state index contributed by atoms with van der Waals surface area (Å²) < 4.78 is 5.51. The highest BCUT2D eigenvalue weighted by Crippen LogP contribution is 2.20. The van der Waals surface area contributed by atoms with Crippen LogP contribution in [0.15, 0.2) is 22.7 Å². The highest BCUT2D eigenvalue weighted by Gasteiger charge is 2.21. The minimum Gasteiger partial charge on any atom is -0.465 e.